The summed E-state index contributed by atoms with van der Waals surface area (Å²) < 4.78 is 0. The van der Waals surface area contributed by atoms with E-state index < -0.39 is 17.9 Å². The summed E-state index contributed by atoms with van der Waals surface area (Å²) in [4.78, 5) is 24.9. The first-order valence-electron chi connectivity index (χ1n) is 6.01. The van der Waals surface area contributed by atoms with E-state index in [4.69, 9.17) is 0 Å². The molecule has 102 valence electrons. The molecular weight excluding hydrogens is 262 g/mol. The maximum Gasteiger partial charge on any atom is 0.326 e. The lowest BCUT2D eigenvalue weighted by Crippen LogP contribution is -2.48. The van der Waals surface area contributed by atoms with Crippen LogP contribution in [0.15, 0.2) is 24.3 Å². The Hall–Kier alpha value is -2.77. The Bertz CT molecular complexity index is 655. The van der Waals surface area contributed by atoms with Crippen LogP contribution in [0.1, 0.15) is 21.7 Å². The van der Waals surface area contributed by atoms with Crippen molar-refractivity contribution in [2.24, 2.45) is 0 Å². The van der Waals surface area contributed by atoms with Crippen LogP contribution < -0.4 is 0 Å². The van der Waals surface area contributed by atoms with Crippen LogP contribution in [-0.2, 0) is 17.8 Å². The number of benzene rings is 1. The molecule has 0 aliphatic carbocycles. The lowest BCUT2D eigenvalue weighted by molar-refractivity contribution is -0.142. The van der Waals surface area contributed by atoms with Crippen LogP contribution in [-0.4, -0.2) is 48.5 Å². The van der Waals surface area contributed by atoms with Gasteiger partial charge in [0.1, 0.15) is 6.04 Å². The van der Waals surface area contributed by atoms with Crippen LogP contribution in [0.2, 0.25) is 0 Å². The van der Waals surface area contributed by atoms with E-state index in [-0.39, 0.29) is 18.8 Å². The van der Waals surface area contributed by atoms with E-state index in [1.54, 1.807) is 0 Å². The first kappa shape index (κ1) is 12.3. The number of rotatable bonds is 2. The number of hydrogen-bond donors (Lipinski definition) is 2. The standard InChI is InChI=1S/C12H11N5O3/c18-11(10-13-15-16-14-10)17-6-8-4-2-1-3-7(8)5-9(17)12(19)20/h1-4,9H,5-6H2,(H,19,20)(H,13,14,15,16)/t9-/m0/s1. The third-order valence-corrected chi connectivity index (χ3v) is 3.33. The monoisotopic (exact) mass is 273 g/mol. The number of carboxylic acid groups (broad SMARTS) is 1. The van der Waals surface area contributed by atoms with E-state index in [0.29, 0.717) is 0 Å². The zero-order chi connectivity index (χ0) is 14.1. The number of nitrogens with one attached hydrogen (secondary N) is 1. The average Bonchev–Trinajstić information content (AvgIpc) is 2.99. The number of amides is 1. The van der Waals surface area contributed by atoms with Crippen molar-refractivity contribution in [3.8, 4) is 0 Å². The summed E-state index contributed by atoms with van der Waals surface area (Å²) in [7, 11) is 0. The Labute approximate surface area is 113 Å². The minimum atomic E-state index is -1.05. The molecule has 0 fully saturated rings. The van der Waals surface area contributed by atoms with Crippen LogP contribution in [0, 0.1) is 0 Å². The molecule has 0 saturated carbocycles. The summed E-state index contributed by atoms with van der Waals surface area (Å²) in [5.41, 5.74) is 1.87. The number of carbonyl (C=O) groups is 2. The number of aromatic nitrogens is 4. The summed E-state index contributed by atoms with van der Waals surface area (Å²) in [6, 6.07) is 6.55. The second-order valence-electron chi connectivity index (χ2n) is 4.50. The molecule has 0 spiro atoms. The molecule has 8 nitrogen and oxygen atoms in total. The SMILES string of the molecule is O=C(O)[C@@H]1Cc2ccccc2CN1C(=O)c1nn[nH]n1. The molecule has 2 N–H and O–H groups in total. The lowest BCUT2D eigenvalue weighted by Gasteiger charge is -2.33. The van der Waals surface area contributed by atoms with Gasteiger partial charge < -0.3 is 10.0 Å². The predicted octanol–water partition coefficient (Wildman–Crippen LogP) is -0.149. The molecule has 0 saturated heterocycles. The molecule has 20 heavy (non-hydrogen) atoms. The summed E-state index contributed by atoms with van der Waals surface area (Å²) in [6.07, 6.45) is 0.273. The fraction of sp³-hybridized carbons (Fsp3) is 0.250. The highest BCUT2D eigenvalue weighted by Gasteiger charge is 2.36. The Morgan fingerprint density at radius 2 is 2.05 bits per heavy atom. The van der Waals surface area contributed by atoms with Crippen molar-refractivity contribution < 1.29 is 14.7 Å². The largest absolute Gasteiger partial charge is 0.480 e. The number of hydrogen-bond acceptors (Lipinski definition) is 5. The van der Waals surface area contributed by atoms with Crippen molar-refractivity contribution in [2.75, 3.05) is 0 Å². The number of fused-ring (bicyclic) bond motifs is 1. The average molecular weight is 273 g/mol. The van der Waals surface area contributed by atoms with Gasteiger partial charge in [-0.3, -0.25) is 4.79 Å². The van der Waals surface area contributed by atoms with Gasteiger partial charge in [0.15, 0.2) is 0 Å². The molecule has 0 bridgehead atoms. The third kappa shape index (κ3) is 2.00. The van der Waals surface area contributed by atoms with E-state index in [1.807, 2.05) is 24.3 Å². The van der Waals surface area contributed by atoms with E-state index in [1.165, 1.54) is 4.90 Å². The van der Waals surface area contributed by atoms with Crippen LogP contribution >= 0.6 is 0 Å². The second-order valence-corrected chi connectivity index (χ2v) is 4.50. The summed E-state index contributed by atoms with van der Waals surface area (Å²) in [5.74, 6) is -1.72. The molecule has 1 aliphatic rings. The minimum Gasteiger partial charge on any atom is -0.480 e. The number of carbonyl (C=O) groups excluding carboxylic acids is 1. The van der Waals surface area contributed by atoms with E-state index in [0.717, 1.165) is 11.1 Å². The highest BCUT2D eigenvalue weighted by Crippen LogP contribution is 2.24. The summed E-state index contributed by atoms with van der Waals surface area (Å²) >= 11 is 0. The highest BCUT2D eigenvalue weighted by atomic mass is 16.4. The first-order valence-corrected chi connectivity index (χ1v) is 6.01. The Morgan fingerprint density at radius 1 is 1.30 bits per heavy atom. The van der Waals surface area contributed by atoms with E-state index in [9.17, 15) is 14.7 Å². The van der Waals surface area contributed by atoms with E-state index >= 15 is 0 Å². The van der Waals surface area contributed by atoms with Gasteiger partial charge in [-0.1, -0.05) is 24.3 Å². The molecule has 1 amide bonds. The quantitative estimate of drug-likeness (QED) is 0.787. The molecule has 0 radical (unpaired) electrons. The number of H-pyrrole nitrogens is 1. The molecule has 3 rings (SSSR count). The lowest BCUT2D eigenvalue weighted by atomic mass is 9.94. The normalized spacial score (nSPS) is 17.6. The van der Waals surface area contributed by atoms with Crippen LogP contribution in [0.3, 0.4) is 0 Å². The van der Waals surface area contributed by atoms with Gasteiger partial charge in [-0.15, -0.1) is 10.2 Å². The molecule has 2 heterocycles. The van der Waals surface area contributed by atoms with Gasteiger partial charge in [-0.2, -0.15) is 5.21 Å². The summed E-state index contributed by atoms with van der Waals surface area (Å²) in [5, 5.41) is 22.1. The van der Waals surface area contributed by atoms with Gasteiger partial charge in [0.2, 0.25) is 0 Å². The Morgan fingerprint density at radius 3 is 2.70 bits per heavy atom. The van der Waals surface area contributed by atoms with Crippen molar-refractivity contribution in [2.45, 2.75) is 19.0 Å². The number of carboxylic acids is 1. The van der Waals surface area contributed by atoms with Gasteiger partial charge >= 0.3 is 5.97 Å². The second kappa shape index (κ2) is 4.72. The van der Waals surface area contributed by atoms with E-state index in [2.05, 4.69) is 20.6 Å². The molecule has 1 aromatic carbocycles. The highest BCUT2D eigenvalue weighted by molar-refractivity contribution is 5.93. The Kier molecular flexibility index (Phi) is 2.90. The molecule has 8 heteroatoms. The van der Waals surface area contributed by atoms with Gasteiger partial charge in [-0.25, -0.2) is 4.79 Å². The van der Waals surface area contributed by atoms with Gasteiger partial charge in [0.25, 0.3) is 11.7 Å². The van der Waals surface area contributed by atoms with Crippen molar-refractivity contribution in [1.82, 2.24) is 25.5 Å². The van der Waals surface area contributed by atoms with Gasteiger partial charge in [0.05, 0.1) is 0 Å². The molecule has 2 aromatic rings. The zero-order valence-corrected chi connectivity index (χ0v) is 10.4. The van der Waals surface area contributed by atoms with Crippen LogP contribution in [0.4, 0.5) is 0 Å². The fourth-order valence-electron chi connectivity index (χ4n) is 2.34. The van der Waals surface area contributed by atoms with Crippen molar-refractivity contribution in [1.29, 1.82) is 0 Å². The van der Waals surface area contributed by atoms with Crippen LogP contribution in [0.5, 0.6) is 0 Å². The Balaban J connectivity index is 1.96. The first-order chi connectivity index (χ1) is 9.66. The smallest absolute Gasteiger partial charge is 0.326 e. The molecule has 1 atom stereocenters. The van der Waals surface area contributed by atoms with Crippen LogP contribution in [0.25, 0.3) is 0 Å². The van der Waals surface area contributed by atoms with Gasteiger partial charge in [0, 0.05) is 13.0 Å². The van der Waals surface area contributed by atoms with Crippen molar-refractivity contribution in [3.63, 3.8) is 0 Å². The fourth-order valence-corrected chi connectivity index (χ4v) is 2.34. The number of aromatic amines is 1. The zero-order valence-electron chi connectivity index (χ0n) is 10.4. The van der Waals surface area contributed by atoms with Gasteiger partial charge in [-0.05, 0) is 16.3 Å². The minimum absolute atomic E-state index is 0.129. The van der Waals surface area contributed by atoms with Crippen molar-refractivity contribution in [3.05, 3.63) is 41.2 Å². The third-order valence-electron chi connectivity index (χ3n) is 3.33. The molecular formula is C12H11N5O3. The number of aliphatic carboxylic acids is 1. The van der Waals surface area contributed by atoms with Crippen molar-refractivity contribution >= 4 is 11.9 Å². The maximum absolute atomic E-state index is 12.3. The molecule has 1 aliphatic heterocycles. The number of nitrogens with zero attached hydrogens (tertiary/aromatic N) is 4. The molecule has 1 aromatic heterocycles. The molecule has 0 unspecified atom stereocenters. The predicted molar refractivity (Wildman–Crippen MR) is 65.6 cm³/mol. The maximum atomic E-state index is 12.3. The number of tetrazole rings is 1. The summed E-state index contributed by atoms with van der Waals surface area (Å²) in [6.45, 7) is 0.223. The topological polar surface area (TPSA) is 112 Å².